The average Bonchev–Trinajstić information content (AvgIpc) is 2.41. The molecule has 0 amide bonds. The second-order valence-corrected chi connectivity index (χ2v) is 6.83. The maximum Gasteiger partial charge on any atom is 0.402 e. The summed E-state index contributed by atoms with van der Waals surface area (Å²) in [6, 6.07) is 0. The Morgan fingerprint density at radius 1 is 1.22 bits per heavy atom. The van der Waals surface area contributed by atoms with Crippen LogP contribution in [0.3, 0.4) is 0 Å². The molecule has 23 heavy (non-hydrogen) atoms. The quantitative estimate of drug-likeness (QED) is 0.473. The van der Waals surface area contributed by atoms with Gasteiger partial charge < -0.3 is 14.2 Å². The van der Waals surface area contributed by atoms with Crippen LogP contribution in [0.5, 0.6) is 0 Å². The molecule has 0 spiro atoms. The van der Waals surface area contributed by atoms with E-state index < -0.39 is 46.8 Å². The molecule has 0 saturated carbocycles. The van der Waals surface area contributed by atoms with Crippen LogP contribution in [0.2, 0.25) is 0 Å². The summed E-state index contributed by atoms with van der Waals surface area (Å²) in [5.41, 5.74) is -0.215. The molecule has 0 aromatic rings. The van der Waals surface area contributed by atoms with E-state index in [1.54, 1.807) is 0 Å². The summed E-state index contributed by atoms with van der Waals surface area (Å²) in [5, 5.41) is -4.60. The maximum absolute atomic E-state index is 12.8. The standard InChI is InChI=1S/C12H18F2O8S/c1-2-11(5-20-6-11)7-21-9(15)3-4-10(16)22-8-12(13,14)23(17,18)19/h2-8H2,1H3,(H,17,18,19). The van der Waals surface area contributed by atoms with Crippen molar-refractivity contribution in [2.24, 2.45) is 5.41 Å². The van der Waals surface area contributed by atoms with Crippen LogP contribution < -0.4 is 0 Å². The summed E-state index contributed by atoms with van der Waals surface area (Å²) in [6.07, 6.45) is -0.181. The van der Waals surface area contributed by atoms with Gasteiger partial charge in [-0.3, -0.25) is 14.1 Å². The van der Waals surface area contributed by atoms with Gasteiger partial charge in [-0.2, -0.15) is 17.2 Å². The SMILES string of the molecule is CCC1(COC(=O)CCC(=O)OCC(F)(F)S(=O)(=O)O)COC1. The first-order valence-electron chi connectivity index (χ1n) is 6.75. The van der Waals surface area contributed by atoms with Crippen molar-refractivity contribution in [2.75, 3.05) is 26.4 Å². The van der Waals surface area contributed by atoms with E-state index in [2.05, 4.69) is 4.74 Å². The predicted molar refractivity (Wildman–Crippen MR) is 71.2 cm³/mol. The first-order chi connectivity index (χ1) is 10.5. The highest BCUT2D eigenvalue weighted by Gasteiger charge is 2.45. The molecule has 1 saturated heterocycles. The number of hydrogen-bond donors (Lipinski definition) is 1. The van der Waals surface area contributed by atoms with E-state index in [0.717, 1.165) is 6.42 Å². The first kappa shape index (κ1) is 19.7. The number of alkyl halides is 2. The van der Waals surface area contributed by atoms with Crippen molar-refractivity contribution in [3.63, 3.8) is 0 Å². The van der Waals surface area contributed by atoms with Crippen molar-refractivity contribution < 1.29 is 45.6 Å². The molecule has 1 fully saturated rings. The van der Waals surface area contributed by atoms with Crippen LogP contribution in [0.25, 0.3) is 0 Å². The van der Waals surface area contributed by atoms with Gasteiger partial charge in [0, 0.05) is 0 Å². The second-order valence-electron chi connectivity index (χ2n) is 5.28. The summed E-state index contributed by atoms with van der Waals surface area (Å²) in [4.78, 5) is 22.6. The molecule has 0 aromatic carbocycles. The van der Waals surface area contributed by atoms with Gasteiger partial charge in [0.25, 0.3) is 0 Å². The Morgan fingerprint density at radius 3 is 2.13 bits per heavy atom. The number of hydrogen-bond acceptors (Lipinski definition) is 7. The highest BCUT2D eigenvalue weighted by atomic mass is 32.2. The van der Waals surface area contributed by atoms with Crippen LogP contribution in [0.15, 0.2) is 0 Å². The lowest BCUT2D eigenvalue weighted by Crippen LogP contribution is -2.46. The molecule has 1 aliphatic rings. The second kappa shape index (κ2) is 7.49. The molecule has 0 bridgehead atoms. The monoisotopic (exact) mass is 360 g/mol. The van der Waals surface area contributed by atoms with Gasteiger partial charge in [-0.25, -0.2) is 0 Å². The van der Waals surface area contributed by atoms with Gasteiger partial charge in [0.2, 0.25) is 0 Å². The fourth-order valence-corrected chi connectivity index (χ4v) is 1.81. The molecular formula is C12H18F2O8S. The Morgan fingerprint density at radius 2 is 1.74 bits per heavy atom. The molecule has 0 aromatic heterocycles. The molecule has 0 radical (unpaired) electrons. The molecule has 0 aliphatic carbocycles. The van der Waals surface area contributed by atoms with Crippen LogP contribution in [0.4, 0.5) is 8.78 Å². The highest BCUT2D eigenvalue weighted by molar-refractivity contribution is 7.86. The van der Waals surface area contributed by atoms with Crippen LogP contribution >= 0.6 is 0 Å². The van der Waals surface area contributed by atoms with Crippen LogP contribution in [0.1, 0.15) is 26.2 Å². The van der Waals surface area contributed by atoms with E-state index in [-0.39, 0.29) is 12.0 Å². The Labute approximate surface area is 131 Å². The number of rotatable bonds is 9. The van der Waals surface area contributed by atoms with Gasteiger partial charge in [0.05, 0.1) is 31.5 Å². The highest BCUT2D eigenvalue weighted by Crippen LogP contribution is 2.31. The summed E-state index contributed by atoms with van der Waals surface area (Å²) in [6.45, 7) is 1.18. The first-order valence-corrected chi connectivity index (χ1v) is 8.19. The molecule has 8 nitrogen and oxygen atoms in total. The van der Waals surface area contributed by atoms with Crippen molar-refractivity contribution >= 4 is 22.1 Å². The Bertz CT molecular complexity index is 536. The average molecular weight is 360 g/mol. The van der Waals surface area contributed by atoms with Crippen LogP contribution in [-0.4, -0.2) is 56.6 Å². The largest absolute Gasteiger partial charge is 0.465 e. The minimum Gasteiger partial charge on any atom is -0.465 e. The third kappa shape index (κ3) is 5.66. The van der Waals surface area contributed by atoms with Crippen molar-refractivity contribution in [1.29, 1.82) is 0 Å². The Kier molecular flexibility index (Phi) is 6.42. The minimum absolute atomic E-state index is 0.137. The smallest absolute Gasteiger partial charge is 0.402 e. The maximum atomic E-state index is 12.8. The van der Waals surface area contributed by atoms with E-state index in [1.807, 2.05) is 6.92 Å². The summed E-state index contributed by atoms with van der Waals surface area (Å²) < 4.78 is 68.5. The van der Waals surface area contributed by atoms with Gasteiger partial charge in [0.1, 0.15) is 6.61 Å². The van der Waals surface area contributed by atoms with Gasteiger partial charge in [-0.1, -0.05) is 6.92 Å². The molecule has 1 rings (SSSR count). The van der Waals surface area contributed by atoms with E-state index >= 15 is 0 Å². The fraction of sp³-hybridized carbons (Fsp3) is 0.833. The fourth-order valence-electron chi connectivity index (χ4n) is 1.60. The third-order valence-electron chi connectivity index (χ3n) is 3.42. The lowest BCUT2D eigenvalue weighted by atomic mass is 9.84. The zero-order chi connectivity index (χ0) is 17.7. The molecule has 11 heteroatoms. The molecule has 0 unspecified atom stereocenters. The van der Waals surface area contributed by atoms with Crippen LogP contribution in [0, 0.1) is 5.41 Å². The van der Waals surface area contributed by atoms with Crippen LogP contribution in [-0.2, 0) is 33.9 Å². The minimum atomic E-state index is -5.67. The summed E-state index contributed by atoms with van der Waals surface area (Å²) >= 11 is 0. The molecule has 1 aliphatic heterocycles. The third-order valence-corrected chi connectivity index (χ3v) is 4.29. The molecule has 134 valence electrons. The zero-order valence-electron chi connectivity index (χ0n) is 12.4. The van der Waals surface area contributed by atoms with Gasteiger partial charge in [-0.15, -0.1) is 0 Å². The van der Waals surface area contributed by atoms with Crippen molar-refractivity contribution in [3.05, 3.63) is 0 Å². The van der Waals surface area contributed by atoms with Gasteiger partial charge in [0.15, 0.2) is 6.61 Å². The van der Waals surface area contributed by atoms with Crippen molar-refractivity contribution in [2.45, 2.75) is 31.4 Å². The van der Waals surface area contributed by atoms with E-state index in [0.29, 0.717) is 13.2 Å². The van der Waals surface area contributed by atoms with Crippen molar-refractivity contribution in [3.8, 4) is 0 Å². The van der Waals surface area contributed by atoms with E-state index in [4.69, 9.17) is 14.0 Å². The Hall–Kier alpha value is -1.33. The summed E-state index contributed by atoms with van der Waals surface area (Å²) in [5.74, 6) is -1.91. The molecular weight excluding hydrogens is 342 g/mol. The van der Waals surface area contributed by atoms with Gasteiger partial charge >= 0.3 is 27.3 Å². The lowest BCUT2D eigenvalue weighted by molar-refractivity contribution is -0.171. The zero-order valence-corrected chi connectivity index (χ0v) is 13.2. The molecule has 1 N–H and O–H groups in total. The number of esters is 2. The summed E-state index contributed by atoms with van der Waals surface area (Å²) in [7, 11) is -5.67. The number of halogens is 2. The number of carbonyl (C=O) groups excluding carboxylic acids is 2. The van der Waals surface area contributed by atoms with E-state index in [1.165, 1.54) is 0 Å². The van der Waals surface area contributed by atoms with Gasteiger partial charge in [-0.05, 0) is 6.42 Å². The Balaban J connectivity index is 2.26. The lowest BCUT2D eigenvalue weighted by Gasteiger charge is -2.39. The normalized spacial score (nSPS) is 17.2. The number of carbonyl (C=O) groups is 2. The van der Waals surface area contributed by atoms with E-state index in [9.17, 15) is 26.8 Å². The van der Waals surface area contributed by atoms with Crippen molar-refractivity contribution in [1.82, 2.24) is 0 Å². The topological polar surface area (TPSA) is 116 Å². The predicted octanol–water partition coefficient (Wildman–Crippen LogP) is 0.760. The number of ether oxygens (including phenoxy) is 3. The molecule has 0 atom stereocenters. The molecule has 1 heterocycles.